The van der Waals surface area contributed by atoms with Crippen LogP contribution in [0.4, 0.5) is 13.2 Å². The molecular formula is C21H19F3N2O5. The summed E-state index contributed by atoms with van der Waals surface area (Å²) in [5.74, 6) is -5.10. The Labute approximate surface area is 174 Å². The van der Waals surface area contributed by atoms with Gasteiger partial charge in [-0.1, -0.05) is 6.07 Å². The molecule has 1 aromatic heterocycles. The monoisotopic (exact) mass is 436 g/mol. The van der Waals surface area contributed by atoms with Crippen LogP contribution in [0.5, 0.6) is 11.5 Å². The van der Waals surface area contributed by atoms with Gasteiger partial charge in [0.15, 0.2) is 23.1 Å². The normalized spacial score (nSPS) is 11.9. The summed E-state index contributed by atoms with van der Waals surface area (Å²) in [6.07, 6.45) is -0.548. The number of benzene rings is 2. The fraction of sp³-hybridized carbons (Fsp3) is 0.238. The van der Waals surface area contributed by atoms with Gasteiger partial charge in [0.05, 0.1) is 20.6 Å². The smallest absolute Gasteiger partial charge is 0.306 e. The fourth-order valence-electron chi connectivity index (χ4n) is 3.36. The molecule has 3 N–H and O–H groups in total. The van der Waals surface area contributed by atoms with Crippen LogP contribution in [0.25, 0.3) is 0 Å². The number of halogens is 3. The van der Waals surface area contributed by atoms with E-state index < -0.39 is 34.9 Å². The second kappa shape index (κ2) is 8.99. The number of H-pyrrole nitrogens is 2. The summed E-state index contributed by atoms with van der Waals surface area (Å²) in [4.78, 5) is 24.6. The number of aromatic amines is 2. The largest absolute Gasteiger partial charge is 0.504 e. The molecule has 3 aromatic rings. The van der Waals surface area contributed by atoms with Crippen molar-refractivity contribution >= 4 is 5.97 Å². The van der Waals surface area contributed by atoms with Crippen molar-refractivity contribution in [3.05, 3.63) is 80.5 Å². The number of aromatic nitrogens is 2. The summed E-state index contributed by atoms with van der Waals surface area (Å²) in [5, 5.41) is 15.1. The predicted octanol–water partition coefficient (Wildman–Crippen LogP) is 3.12. The van der Waals surface area contributed by atoms with Crippen LogP contribution in [0.1, 0.15) is 34.7 Å². The second-order valence-electron chi connectivity index (χ2n) is 6.77. The predicted molar refractivity (Wildman–Crippen MR) is 104 cm³/mol. The highest BCUT2D eigenvalue weighted by molar-refractivity contribution is 5.71. The molecule has 0 aliphatic heterocycles. The minimum atomic E-state index is -1.33. The van der Waals surface area contributed by atoms with E-state index in [1.807, 2.05) is 0 Å². The number of esters is 1. The van der Waals surface area contributed by atoms with E-state index in [4.69, 9.17) is 9.47 Å². The fourth-order valence-corrected chi connectivity index (χ4v) is 3.36. The van der Waals surface area contributed by atoms with Crippen LogP contribution < -0.4 is 10.3 Å². The third-order valence-electron chi connectivity index (χ3n) is 4.91. The van der Waals surface area contributed by atoms with Crippen molar-refractivity contribution in [2.75, 3.05) is 14.2 Å². The van der Waals surface area contributed by atoms with E-state index in [2.05, 4.69) is 10.2 Å². The Balaban J connectivity index is 2.09. The molecule has 0 aliphatic rings. The summed E-state index contributed by atoms with van der Waals surface area (Å²) in [7, 11) is 2.55. The minimum Gasteiger partial charge on any atom is -0.504 e. The number of phenols is 1. The van der Waals surface area contributed by atoms with Gasteiger partial charge in [-0.25, -0.2) is 13.2 Å². The van der Waals surface area contributed by atoms with Crippen LogP contribution in [0.3, 0.4) is 0 Å². The quantitative estimate of drug-likeness (QED) is 0.390. The van der Waals surface area contributed by atoms with Gasteiger partial charge in [-0.05, 0) is 29.3 Å². The lowest BCUT2D eigenvalue weighted by Gasteiger charge is -2.17. The first-order valence-electron chi connectivity index (χ1n) is 9.11. The number of hydrogen-bond acceptors (Lipinski definition) is 5. The van der Waals surface area contributed by atoms with Gasteiger partial charge in [0, 0.05) is 29.7 Å². The number of hydrogen-bond donors (Lipinski definition) is 3. The number of methoxy groups -OCH3 is 2. The Hall–Kier alpha value is -3.69. The third kappa shape index (κ3) is 4.57. The van der Waals surface area contributed by atoms with Gasteiger partial charge < -0.3 is 19.7 Å². The lowest BCUT2D eigenvalue weighted by Crippen LogP contribution is -2.18. The van der Waals surface area contributed by atoms with Crippen LogP contribution in [0, 0.1) is 17.5 Å². The minimum absolute atomic E-state index is 0.0686. The van der Waals surface area contributed by atoms with E-state index in [1.54, 1.807) is 6.07 Å². The van der Waals surface area contributed by atoms with E-state index in [9.17, 15) is 27.9 Å². The van der Waals surface area contributed by atoms with Crippen molar-refractivity contribution in [2.24, 2.45) is 0 Å². The molecule has 0 amide bonds. The van der Waals surface area contributed by atoms with Gasteiger partial charge in [-0.2, -0.15) is 0 Å². The van der Waals surface area contributed by atoms with Crippen LogP contribution in [-0.2, 0) is 16.0 Å². The zero-order valence-electron chi connectivity index (χ0n) is 16.6. The Morgan fingerprint density at radius 3 is 2.42 bits per heavy atom. The molecule has 1 heterocycles. The molecule has 0 bridgehead atoms. The highest BCUT2D eigenvalue weighted by atomic mass is 19.2. The molecule has 7 nitrogen and oxygen atoms in total. The van der Waals surface area contributed by atoms with Crippen molar-refractivity contribution < 1.29 is 32.5 Å². The highest BCUT2D eigenvalue weighted by Crippen LogP contribution is 2.35. The van der Waals surface area contributed by atoms with E-state index in [0.717, 1.165) is 0 Å². The van der Waals surface area contributed by atoms with Crippen LogP contribution >= 0.6 is 0 Å². The lowest BCUT2D eigenvalue weighted by molar-refractivity contribution is -0.140. The van der Waals surface area contributed by atoms with Gasteiger partial charge in [-0.3, -0.25) is 14.7 Å². The zero-order chi connectivity index (χ0) is 22.7. The number of aromatic hydroxyl groups is 1. The Morgan fingerprint density at radius 2 is 1.77 bits per heavy atom. The maximum Gasteiger partial charge on any atom is 0.306 e. The van der Waals surface area contributed by atoms with Gasteiger partial charge >= 0.3 is 5.97 Å². The second-order valence-corrected chi connectivity index (χ2v) is 6.77. The lowest BCUT2D eigenvalue weighted by atomic mass is 9.87. The zero-order valence-corrected chi connectivity index (χ0v) is 16.6. The number of ether oxygens (including phenoxy) is 2. The van der Waals surface area contributed by atoms with Crippen molar-refractivity contribution in [1.29, 1.82) is 0 Å². The van der Waals surface area contributed by atoms with E-state index >= 15 is 0 Å². The average Bonchev–Trinajstić information content (AvgIpc) is 3.09. The summed E-state index contributed by atoms with van der Waals surface area (Å²) >= 11 is 0. The number of carbonyl (C=O) groups excluding carboxylic acids is 1. The molecule has 3 rings (SSSR count). The van der Waals surface area contributed by atoms with Crippen molar-refractivity contribution in [3.63, 3.8) is 0 Å². The Bertz CT molecular complexity index is 1170. The van der Waals surface area contributed by atoms with Crippen molar-refractivity contribution in [2.45, 2.75) is 18.8 Å². The third-order valence-corrected chi connectivity index (χ3v) is 4.91. The van der Waals surface area contributed by atoms with Gasteiger partial charge in [0.2, 0.25) is 0 Å². The molecule has 10 heteroatoms. The first-order valence-corrected chi connectivity index (χ1v) is 9.11. The maximum atomic E-state index is 14.1. The number of nitrogens with one attached hydrogen (secondary N) is 2. The number of rotatable bonds is 7. The number of carbonyl (C=O) groups is 1. The first kappa shape index (κ1) is 22.0. The van der Waals surface area contributed by atoms with Crippen LogP contribution in [0.15, 0.2) is 35.1 Å². The Kier molecular flexibility index (Phi) is 6.38. The molecular weight excluding hydrogens is 417 g/mol. The molecule has 0 saturated carbocycles. The molecule has 31 heavy (non-hydrogen) atoms. The standard InChI is InChI=1S/C21H19F3N2O5/c1-30-18-4-3-10(7-17(18)27)12(8-19(28)31-2)20-16(25-26-21(20)29)6-11-5-14(23)15(24)9-13(11)22/h3-5,7,9,12,27H,6,8H2,1-2H3,(H2,25,26,29)/t12-/m1/s1. The summed E-state index contributed by atoms with van der Waals surface area (Å²) in [6.45, 7) is 0. The summed E-state index contributed by atoms with van der Waals surface area (Å²) in [6, 6.07) is 5.47. The molecule has 0 unspecified atom stereocenters. The SMILES string of the molecule is COC(=O)C[C@H](c1ccc(OC)c(O)c1)c1c(Cc2cc(F)c(F)cc2F)[nH][nH]c1=O. The molecule has 2 aromatic carbocycles. The van der Waals surface area contributed by atoms with Crippen molar-refractivity contribution in [3.8, 4) is 11.5 Å². The van der Waals surface area contributed by atoms with E-state index in [1.165, 1.54) is 26.4 Å². The first-order chi connectivity index (χ1) is 14.7. The van der Waals surface area contributed by atoms with Gasteiger partial charge in [0.25, 0.3) is 5.56 Å². The Morgan fingerprint density at radius 1 is 1.06 bits per heavy atom. The molecule has 0 fully saturated rings. The molecule has 0 saturated heterocycles. The number of phenolic OH excluding ortho intramolecular Hbond substituents is 1. The maximum absolute atomic E-state index is 14.1. The summed E-state index contributed by atoms with van der Waals surface area (Å²) < 4.78 is 50.7. The molecule has 1 atom stereocenters. The topological polar surface area (TPSA) is 104 Å². The molecule has 0 aliphatic carbocycles. The van der Waals surface area contributed by atoms with Gasteiger partial charge in [-0.15, -0.1) is 0 Å². The molecule has 0 spiro atoms. The van der Waals surface area contributed by atoms with Crippen LogP contribution in [-0.4, -0.2) is 35.5 Å². The molecule has 164 valence electrons. The highest BCUT2D eigenvalue weighted by Gasteiger charge is 2.27. The molecule has 0 radical (unpaired) electrons. The van der Waals surface area contributed by atoms with Gasteiger partial charge in [0.1, 0.15) is 5.82 Å². The van der Waals surface area contributed by atoms with E-state index in [0.29, 0.717) is 17.7 Å². The van der Waals surface area contributed by atoms with E-state index in [-0.39, 0.29) is 41.2 Å². The average molecular weight is 436 g/mol. The van der Waals surface area contributed by atoms with Crippen LogP contribution in [0.2, 0.25) is 0 Å². The van der Waals surface area contributed by atoms with Crippen molar-refractivity contribution in [1.82, 2.24) is 10.2 Å². The summed E-state index contributed by atoms with van der Waals surface area (Å²) in [5.41, 5.74) is -0.161.